The van der Waals surface area contributed by atoms with E-state index in [9.17, 15) is 18.7 Å². The summed E-state index contributed by atoms with van der Waals surface area (Å²) in [7, 11) is 0. The summed E-state index contributed by atoms with van der Waals surface area (Å²) in [5, 5.41) is 12.0. The molecule has 110 valence electrons. The molecule has 0 aromatic heterocycles. The third-order valence-electron chi connectivity index (χ3n) is 3.53. The summed E-state index contributed by atoms with van der Waals surface area (Å²) >= 11 is 0. The highest BCUT2D eigenvalue weighted by Gasteiger charge is 2.28. The van der Waals surface area contributed by atoms with E-state index in [2.05, 4.69) is 10.1 Å². The fourth-order valence-electron chi connectivity index (χ4n) is 2.51. The van der Waals surface area contributed by atoms with Gasteiger partial charge in [-0.2, -0.15) is 8.78 Å². The number of halogens is 2. The first-order valence-corrected chi connectivity index (χ1v) is 6.56. The average molecular weight is 285 g/mol. The Morgan fingerprint density at radius 2 is 2.25 bits per heavy atom. The molecular weight excluding hydrogens is 268 g/mol. The van der Waals surface area contributed by atoms with Crippen molar-refractivity contribution in [2.45, 2.75) is 31.9 Å². The quantitative estimate of drug-likeness (QED) is 0.871. The highest BCUT2D eigenvalue weighted by atomic mass is 19.3. The standard InChI is InChI=1S/C14H17F2NO3/c15-14(16)20-11-5-1-3-9(7-11)13(19)17-12-6-2-4-10(12)8-18/h1,3,5,7,10,12,14,18H,2,4,6,8H2,(H,17,19). The third kappa shape index (κ3) is 3.66. The first kappa shape index (κ1) is 14.7. The van der Waals surface area contributed by atoms with Gasteiger partial charge in [0.05, 0.1) is 0 Å². The first-order chi connectivity index (χ1) is 9.60. The number of rotatable bonds is 5. The number of alkyl halides is 2. The zero-order valence-corrected chi connectivity index (χ0v) is 10.9. The zero-order chi connectivity index (χ0) is 14.5. The molecule has 1 aromatic rings. The lowest BCUT2D eigenvalue weighted by Gasteiger charge is -2.19. The van der Waals surface area contributed by atoms with Crippen molar-refractivity contribution in [1.29, 1.82) is 0 Å². The molecule has 1 saturated carbocycles. The molecule has 2 unspecified atom stereocenters. The molecule has 20 heavy (non-hydrogen) atoms. The Bertz CT molecular complexity index is 467. The lowest BCUT2D eigenvalue weighted by atomic mass is 10.0. The second-order valence-electron chi connectivity index (χ2n) is 4.86. The molecule has 2 atom stereocenters. The van der Waals surface area contributed by atoms with E-state index in [1.807, 2.05) is 0 Å². The minimum absolute atomic E-state index is 0.0412. The average Bonchev–Trinajstić information content (AvgIpc) is 2.85. The minimum Gasteiger partial charge on any atom is -0.435 e. The number of benzene rings is 1. The van der Waals surface area contributed by atoms with Gasteiger partial charge in [0.2, 0.25) is 0 Å². The Morgan fingerprint density at radius 3 is 2.95 bits per heavy atom. The van der Waals surface area contributed by atoms with Gasteiger partial charge in [0.1, 0.15) is 5.75 Å². The molecule has 0 spiro atoms. The van der Waals surface area contributed by atoms with Gasteiger partial charge in [-0.05, 0) is 31.0 Å². The molecule has 0 saturated heterocycles. The van der Waals surface area contributed by atoms with Crippen LogP contribution >= 0.6 is 0 Å². The van der Waals surface area contributed by atoms with Gasteiger partial charge in [-0.25, -0.2) is 0 Å². The Balaban J connectivity index is 2.01. The van der Waals surface area contributed by atoms with Gasteiger partial charge >= 0.3 is 6.61 Å². The Kier molecular flexibility index (Phi) is 4.89. The third-order valence-corrected chi connectivity index (χ3v) is 3.53. The van der Waals surface area contributed by atoms with E-state index in [4.69, 9.17) is 0 Å². The van der Waals surface area contributed by atoms with E-state index >= 15 is 0 Å². The highest BCUT2D eigenvalue weighted by molar-refractivity contribution is 5.94. The summed E-state index contributed by atoms with van der Waals surface area (Å²) in [6, 6.07) is 5.62. The van der Waals surface area contributed by atoms with Crippen LogP contribution in [0.15, 0.2) is 24.3 Å². The topological polar surface area (TPSA) is 58.6 Å². The number of aliphatic hydroxyl groups excluding tert-OH is 1. The van der Waals surface area contributed by atoms with Gasteiger partial charge in [-0.1, -0.05) is 12.5 Å². The number of carbonyl (C=O) groups excluding carboxylic acids is 1. The summed E-state index contributed by atoms with van der Waals surface area (Å²) in [5.74, 6) is -0.313. The first-order valence-electron chi connectivity index (χ1n) is 6.56. The highest BCUT2D eigenvalue weighted by Crippen LogP contribution is 2.25. The molecule has 4 nitrogen and oxygen atoms in total. The number of aliphatic hydroxyl groups is 1. The summed E-state index contributed by atoms with van der Waals surface area (Å²) in [4.78, 5) is 12.1. The maximum atomic E-state index is 12.1. The van der Waals surface area contributed by atoms with E-state index < -0.39 is 6.61 Å². The molecule has 2 rings (SSSR count). The van der Waals surface area contributed by atoms with Crippen LogP contribution in [0.1, 0.15) is 29.6 Å². The van der Waals surface area contributed by atoms with Crippen LogP contribution in [0.25, 0.3) is 0 Å². The van der Waals surface area contributed by atoms with Crippen LogP contribution in [-0.4, -0.2) is 30.3 Å². The molecule has 2 N–H and O–H groups in total. The van der Waals surface area contributed by atoms with Crippen molar-refractivity contribution >= 4 is 5.91 Å². The number of carbonyl (C=O) groups is 1. The molecule has 0 radical (unpaired) electrons. The van der Waals surface area contributed by atoms with Crippen LogP contribution in [0, 0.1) is 5.92 Å². The summed E-state index contributed by atoms with van der Waals surface area (Å²) in [5.41, 5.74) is 0.270. The van der Waals surface area contributed by atoms with E-state index in [0.29, 0.717) is 0 Å². The van der Waals surface area contributed by atoms with Crippen molar-refractivity contribution in [2.24, 2.45) is 5.92 Å². The zero-order valence-electron chi connectivity index (χ0n) is 10.9. The molecule has 6 heteroatoms. The summed E-state index contributed by atoms with van der Waals surface area (Å²) in [6.45, 7) is -2.87. The van der Waals surface area contributed by atoms with Gasteiger partial charge in [0, 0.05) is 24.1 Å². The maximum Gasteiger partial charge on any atom is 0.387 e. The van der Waals surface area contributed by atoms with Gasteiger partial charge in [-0.3, -0.25) is 4.79 Å². The molecular formula is C14H17F2NO3. The Morgan fingerprint density at radius 1 is 1.45 bits per heavy atom. The summed E-state index contributed by atoms with van der Waals surface area (Å²) in [6.07, 6.45) is 2.67. The van der Waals surface area contributed by atoms with E-state index in [0.717, 1.165) is 19.3 Å². The molecule has 1 aromatic carbocycles. The Hall–Kier alpha value is -1.69. The van der Waals surface area contributed by atoms with Crippen LogP contribution in [0.5, 0.6) is 5.75 Å². The molecule has 1 fully saturated rings. The maximum absolute atomic E-state index is 12.1. The Labute approximate surface area is 115 Å². The van der Waals surface area contributed by atoms with Gasteiger partial charge in [0.25, 0.3) is 5.91 Å². The molecule has 0 aliphatic heterocycles. The number of ether oxygens (including phenoxy) is 1. The predicted octanol–water partition coefficient (Wildman–Crippen LogP) is 2.18. The minimum atomic E-state index is -2.91. The molecule has 1 amide bonds. The number of nitrogens with one attached hydrogen (secondary N) is 1. The van der Waals surface area contributed by atoms with Crippen molar-refractivity contribution < 1.29 is 23.4 Å². The molecule has 1 aliphatic carbocycles. The lowest BCUT2D eigenvalue weighted by molar-refractivity contribution is -0.0498. The fourth-order valence-corrected chi connectivity index (χ4v) is 2.51. The van der Waals surface area contributed by atoms with E-state index in [1.54, 1.807) is 0 Å². The van der Waals surface area contributed by atoms with Crippen LogP contribution in [0.2, 0.25) is 0 Å². The van der Waals surface area contributed by atoms with Crippen molar-refractivity contribution in [3.63, 3.8) is 0 Å². The van der Waals surface area contributed by atoms with Crippen LogP contribution in [-0.2, 0) is 0 Å². The van der Waals surface area contributed by atoms with Gasteiger partial charge in [0.15, 0.2) is 0 Å². The van der Waals surface area contributed by atoms with Crippen molar-refractivity contribution in [3.8, 4) is 5.75 Å². The lowest BCUT2D eigenvalue weighted by Crippen LogP contribution is -2.38. The van der Waals surface area contributed by atoms with E-state index in [-0.39, 0.29) is 35.8 Å². The van der Waals surface area contributed by atoms with Crippen molar-refractivity contribution in [3.05, 3.63) is 29.8 Å². The smallest absolute Gasteiger partial charge is 0.387 e. The number of hydrogen-bond acceptors (Lipinski definition) is 3. The van der Waals surface area contributed by atoms with Crippen LogP contribution < -0.4 is 10.1 Å². The number of amides is 1. The van der Waals surface area contributed by atoms with Crippen molar-refractivity contribution in [1.82, 2.24) is 5.32 Å². The van der Waals surface area contributed by atoms with Gasteiger partial charge in [-0.15, -0.1) is 0 Å². The van der Waals surface area contributed by atoms with E-state index in [1.165, 1.54) is 24.3 Å². The van der Waals surface area contributed by atoms with Gasteiger partial charge < -0.3 is 15.2 Å². The second kappa shape index (κ2) is 6.65. The molecule has 1 aliphatic rings. The SMILES string of the molecule is O=C(NC1CCCC1CO)c1cccc(OC(F)F)c1. The predicted molar refractivity (Wildman–Crippen MR) is 68.8 cm³/mol. The fraction of sp³-hybridized carbons (Fsp3) is 0.500. The van der Waals surface area contributed by atoms with Crippen LogP contribution in [0.3, 0.4) is 0 Å². The molecule has 0 bridgehead atoms. The monoisotopic (exact) mass is 285 g/mol. The molecule has 0 heterocycles. The summed E-state index contributed by atoms with van der Waals surface area (Å²) < 4.78 is 28.5. The normalized spacial score (nSPS) is 22.0. The van der Waals surface area contributed by atoms with Crippen molar-refractivity contribution in [2.75, 3.05) is 6.61 Å². The second-order valence-corrected chi connectivity index (χ2v) is 4.86. The van der Waals surface area contributed by atoms with Crippen LogP contribution in [0.4, 0.5) is 8.78 Å². The largest absolute Gasteiger partial charge is 0.435 e. The number of hydrogen-bond donors (Lipinski definition) is 2.